The second-order valence-electron chi connectivity index (χ2n) is 3.46. The van der Waals surface area contributed by atoms with Gasteiger partial charge in [-0.2, -0.15) is 0 Å². The number of fused-ring (bicyclic) bond motifs is 1. The van der Waals surface area contributed by atoms with Crippen LogP contribution in [-0.2, 0) is 6.42 Å². The minimum Gasteiger partial charge on any atom is -0.507 e. The number of hydrogen-bond acceptors (Lipinski definition) is 3. The molecule has 2 rings (SSSR count). The molecule has 2 nitrogen and oxygen atoms in total. The Bertz CT molecular complexity index is 481. The summed E-state index contributed by atoms with van der Waals surface area (Å²) < 4.78 is 1.81. The first-order valence-electron chi connectivity index (χ1n) is 4.99. The molecule has 1 heterocycles. The summed E-state index contributed by atoms with van der Waals surface area (Å²) in [6.07, 6.45) is 3.38. The Kier molecular flexibility index (Phi) is 3.26. The van der Waals surface area contributed by atoms with Gasteiger partial charge >= 0.3 is 0 Å². The van der Waals surface area contributed by atoms with Gasteiger partial charge in [0.2, 0.25) is 0 Å². The Hall–Kier alpha value is -0.610. The van der Waals surface area contributed by atoms with Crippen molar-refractivity contribution in [3.05, 3.63) is 21.6 Å². The monoisotopic (exact) mass is 285 g/mol. The van der Waals surface area contributed by atoms with Gasteiger partial charge in [-0.05, 0) is 40.9 Å². The molecule has 0 fully saturated rings. The summed E-state index contributed by atoms with van der Waals surface area (Å²) in [6.45, 7) is 2.18. The third-order valence-electron chi connectivity index (χ3n) is 2.27. The molecule has 0 aliphatic rings. The van der Waals surface area contributed by atoms with Crippen LogP contribution in [0.25, 0.3) is 10.2 Å². The number of benzene rings is 1. The van der Waals surface area contributed by atoms with E-state index >= 15 is 0 Å². The highest BCUT2D eigenvalue weighted by Crippen LogP contribution is 2.36. The van der Waals surface area contributed by atoms with E-state index < -0.39 is 0 Å². The second kappa shape index (κ2) is 4.49. The Morgan fingerprint density at radius 1 is 1.47 bits per heavy atom. The van der Waals surface area contributed by atoms with E-state index in [1.54, 1.807) is 17.4 Å². The Morgan fingerprint density at radius 2 is 2.27 bits per heavy atom. The predicted molar refractivity (Wildman–Crippen MR) is 67.6 cm³/mol. The molecule has 1 aromatic carbocycles. The summed E-state index contributed by atoms with van der Waals surface area (Å²) in [5, 5.41) is 10.7. The van der Waals surface area contributed by atoms with Crippen molar-refractivity contribution in [1.29, 1.82) is 0 Å². The zero-order valence-electron chi connectivity index (χ0n) is 8.46. The van der Waals surface area contributed by atoms with Gasteiger partial charge in [-0.15, -0.1) is 11.3 Å². The summed E-state index contributed by atoms with van der Waals surface area (Å²) in [7, 11) is 0. The van der Waals surface area contributed by atoms with Gasteiger partial charge in [-0.25, -0.2) is 4.98 Å². The average Bonchev–Trinajstić information content (AvgIpc) is 2.64. The van der Waals surface area contributed by atoms with Crippen LogP contribution in [0.5, 0.6) is 5.75 Å². The average molecular weight is 286 g/mol. The number of phenolic OH excluding ortho intramolecular Hbond substituents is 1. The Morgan fingerprint density at radius 3 is 3.00 bits per heavy atom. The molecule has 1 N–H and O–H groups in total. The number of halogens is 1. The molecular formula is C11H12BrNOS. The third kappa shape index (κ3) is 2.16. The van der Waals surface area contributed by atoms with E-state index in [0.717, 1.165) is 26.1 Å². The van der Waals surface area contributed by atoms with E-state index in [4.69, 9.17) is 0 Å². The van der Waals surface area contributed by atoms with Crippen molar-refractivity contribution >= 4 is 37.5 Å². The number of phenols is 1. The molecule has 1 aromatic heterocycles. The van der Waals surface area contributed by atoms with Crippen molar-refractivity contribution in [3.8, 4) is 5.75 Å². The standard InChI is InChI=1S/C11H12BrNOS/c1-2-3-4-9-13-7-5-6-8(14)10(12)11(7)15-9/h5-6,14H,2-4H2,1H3. The van der Waals surface area contributed by atoms with Crippen molar-refractivity contribution in [3.63, 3.8) is 0 Å². The van der Waals surface area contributed by atoms with E-state index in [1.165, 1.54) is 12.8 Å². The number of nitrogens with zero attached hydrogens (tertiary/aromatic N) is 1. The molecule has 0 bridgehead atoms. The van der Waals surface area contributed by atoms with Crippen molar-refractivity contribution in [2.24, 2.45) is 0 Å². The van der Waals surface area contributed by atoms with E-state index in [2.05, 4.69) is 27.8 Å². The summed E-state index contributed by atoms with van der Waals surface area (Å²) in [5.74, 6) is 0.285. The molecule has 2 aromatic rings. The van der Waals surface area contributed by atoms with Crippen molar-refractivity contribution < 1.29 is 5.11 Å². The van der Waals surface area contributed by atoms with Crippen LogP contribution in [-0.4, -0.2) is 10.1 Å². The lowest BCUT2D eigenvalue weighted by Gasteiger charge is -1.94. The van der Waals surface area contributed by atoms with Crippen molar-refractivity contribution in [2.45, 2.75) is 26.2 Å². The number of thiazole rings is 1. The van der Waals surface area contributed by atoms with Crippen LogP contribution in [0.3, 0.4) is 0 Å². The number of rotatable bonds is 3. The SMILES string of the molecule is CCCCc1nc2ccc(O)c(Br)c2s1. The molecule has 0 amide bonds. The van der Waals surface area contributed by atoms with Crippen LogP contribution in [0.2, 0.25) is 0 Å². The zero-order valence-corrected chi connectivity index (χ0v) is 10.9. The van der Waals surface area contributed by atoms with Gasteiger partial charge in [0.1, 0.15) is 5.75 Å². The predicted octanol–water partition coefficient (Wildman–Crippen LogP) is 4.11. The minimum absolute atomic E-state index is 0.285. The lowest BCUT2D eigenvalue weighted by atomic mass is 10.2. The molecular weight excluding hydrogens is 274 g/mol. The number of aromatic nitrogens is 1. The van der Waals surface area contributed by atoms with Crippen molar-refractivity contribution in [1.82, 2.24) is 4.98 Å². The summed E-state index contributed by atoms with van der Waals surface area (Å²) in [6, 6.07) is 3.54. The minimum atomic E-state index is 0.285. The second-order valence-corrected chi connectivity index (χ2v) is 5.33. The van der Waals surface area contributed by atoms with Gasteiger partial charge < -0.3 is 5.11 Å². The quantitative estimate of drug-likeness (QED) is 0.921. The molecule has 0 unspecified atom stereocenters. The number of hydrogen-bond donors (Lipinski definition) is 1. The van der Waals surface area contributed by atoms with E-state index in [0.29, 0.717) is 0 Å². The van der Waals surface area contributed by atoms with E-state index in [1.807, 2.05) is 6.07 Å². The maximum absolute atomic E-state index is 9.53. The highest BCUT2D eigenvalue weighted by molar-refractivity contribution is 9.10. The lowest BCUT2D eigenvalue weighted by molar-refractivity contribution is 0.473. The van der Waals surface area contributed by atoms with Crippen LogP contribution in [0.1, 0.15) is 24.8 Å². The zero-order chi connectivity index (χ0) is 10.8. The highest BCUT2D eigenvalue weighted by atomic mass is 79.9. The fourth-order valence-electron chi connectivity index (χ4n) is 1.43. The molecule has 0 radical (unpaired) electrons. The molecule has 0 saturated heterocycles. The van der Waals surface area contributed by atoms with Gasteiger partial charge in [-0.3, -0.25) is 0 Å². The van der Waals surface area contributed by atoms with Crippen LogP contribution in [0.15, 0.2) is 16.6 Å². The van der Waals surface area contributed by atoms with Crippen LogP contribution >= 0.6 is 27.3 Å². The van der Waals surface area contributed by atoms with Gasteiger partial charge in [0.15, 0.2) is 0 Å². The summed E-state index contributed by atoms with van der Waals surface area (Å²) in [5.41, 5.74) is 0.968. The lowest BCUT2D eigenvalue weighted by Crippen LogP contribution is -1.81. The Balaban J connectivity index is 2.42. The molecule has 4 heteroatoms. The first-order chi connectivity index (χ1) is 7.22. The molecule has 0 atom stereocenters. The van der Waals surface area contributed by atoms with E-state index in [9.17, 15) is 5.11 Å². The maximum Gasteiger partial charge on any atom is 0.131 e. The number of unbranched alkanes of at least 4 members (excludes halogenated alkanes) is 1. The smallest absolute Gasteiger partial charge is 0.131 e. The van der Waals surface area contributed by atoms with Gasteiger partial charge in [-0.1, -0.05) is 13.3 Å². The molecule has 0 aliphatic heterocycles. The highest BCUT2D eigenvalue weighted by Gasteiger charge is 2.09. The van der Waals surface area contributed by atoms with Crippen LogP contribution in [0.4, 0.5) is 0 Å². The maximum atomic E-state index is 9.53. The molecule has 0 aliphatic carbocycles. The van der Waals surface area contributed by atoms with E-state index in [-0.39, 0.29) is 5.75 Å². The molecule has 80 valence electrons. The fraction of sp³-hybridized carbons (Fsp3) is 0.364. The fourth-order valence-corrected chi connectivity index (χ4v) is 3.05. The van der Waals surface area contributed by atoms with Gasteiger partial charge in [0.25, 0.3) is 0 Å². The molecule has 0 spiro atoms. The summed E-state index contributed by atoms with van der Waals surface area (Å²) >= 11 is 5.04. The largest absolute Gasteiger partial charge is 0.507 e. The van der Waals surface area contributed by atoms with Gasteiger partial charge in [0, 0.05) is 0 Å². The van der Waals surface area contributed by atoms with Crippen LogP contribution in [0, 0.1) is 0 Å². The summed E-state index contributed by atoms with van der Waals surface area (Å²) in [4.78, 5) is 4.53. The topological polar surface area (TPSA) is 33.1 Å². The Labute approximate surface area is 101 Å². The molecule has 15 heavy (non-hydrogen) atoms. The number of aryl methyl sites for hydroxylation is 1. The number of aromatic hydroxyl groups is 1. The van der Waals surface area contributed by atoms with Gasteiger partial charge in [0.05, 0.1) is 19.7 Å². The third-order valence-corrected chi connectivity index (χ3v) is 4.48. The normalized spacial score (nSPS) is 11.1. The molecule has 0 saturated carbocycles. The van der Waals surface area contributed by atoms with Crippen LogP contribution < -0.4 is 0 Å². The first-order valence-corrected chi connectivity index (χ1v) is 6.60. The van der Waals surface area contributed by atoms with Crippen molar-refractivity contribution in [2.75, 3.05) is 0 Å². The first kappa shape index (κ1) is 10.9.